The van der Waals surface area contributed by atoms with Crippen molar-refractivity contribution in [2.24, 2.45) is 10.2 Å². The molecule has 1 aromatic heterocycles. The van der Waals surface area contributed by atoms with Crippen LogP contribution in [0.25, 0.3) is 0 Å². The molecule has 0 aliphatic rings. The van der Waals surface area contributed by atoms with Crippen LogP contribution in [-0.4, -0.2) is 12.1 Å². The van der Waals surface area contributed by atoms with Gasteiger partial charge in [0.2, 0.25) is 0 Å². The molecule has 5 nitrogen and oxygen atoms in total. The highest BCUT2D eigenvalue weighted by molar-refractivity contribution is 6.38. The topological polar surface area (TPSA) is 72.9 Å². The van der Waals surface area contributed by atoms with Gasteiger partial charge in [0.25, 0.3) is 0 Å². The number of anilines is 1. The van der Waals surface area contributed by atoms with Crippen molar-refractivity contribution in [2.75, 3.05) is 12.8 Å². The molecule has 0 bridgehead atoms. The van der Waals surface area contributed by atoms with Gasteiger partial charge in [0.1, 0.15) is 17.1 Å². The van der Waals surface area contributed by atoms with Gasteiger partial charge in [0.15, 0.2) is 0 Å². The van der Waals surface area contributed by atoms with Gasteiger partial charge in [0, 0.05) is 24.1 Å². The number of nitrogens with two attached hydrogens (primary N) is 1. The summed E-state index contributed by atoms with van der Waals surface area (Å²) in [4.78, 5) is 3.83. The fourth-order valence-electron chi connectivity index (χ4n) is 1.45. The average molecular weight is 332 g/mol. The molecule has 1 aromatic carbocycles. The van der Waals surface area contributed by atoms with Crippen LogP contribution in [-0.2, 0) is 0 Å². The summed E-state index contributed by atoms with van der Waals surface area (Å²) in [5, 5.41) is 8.90. The van der Waals surface area contributed by atoms with Gasteiger partial charge in [-0.25, -0.2) is 0 Å². The van der Waals surface area contributed by atoms with Gasteiger partial charge in [-0.05, 0) is 6.07 Å². The van der Waals surface area contributed by atoms with E-state index in [9.17, 15) is 0 Å². The standard InChI is InChI=1S/C12H9Cl3N4O/c1-20-10-3-6(16)2-7(13)12(10)19-18-11-8(14)4-17-5-9(11)15/h2-5H,16H2,1H3/b19-18+. The molecule has 0 unspecified atom stereocenters. The van der Waals surface area contributed by atoms with Crippen LogP contribution in [0.2, 0.25) is 15.1 Å². The van der Waals surface area contributed by atoms with Crippen molar-refractivity contribution in [3.05, 3.63) is 39.6 Å². The van der Waals surface area contributed by atoms with Crippen molar-refractivity contribution in [3.8, 4) is 5.75 Å². The van der Waals surface area contributed by atoms with E-state index in [1.54, 1.807) is 12.1 Å². The molecule has 2 aromatic rings. The first-order valence-corrected chi connectivity index (χ1v) is 6.50. The number of ether oxygens (including phenoxy) is 1. The molecular formula is C12H9Cl3N4O. The third-order valence-electron chi connectivity index (χ3n) is 2.35. The van der Waals surface area contributed by atoms with Crippen LogP contribution in [0, 0.1) is 0 Å². The Morgan fingerprint density at radius 3 is 2.20 bits per heavy atom. The van der Waals surface area contributed by atoms with Crippen LogP contribution in [0.5, 0.6) is 5.75 Å². The monoisotopic (exact) mass is 330 g/mol. The number of benzene rings is 1. The summed E-state index contributed by atoms with van der Waals surface area (Å²) in [5.74, 6) is 0.403. The summed E-state index contributed by atoms with van der Waals surface area (Å²) in [6.07, 6.45) is 2.84. The number of aromatic nitrogens is 1. The number of pyridine rings is 1. The van der Waals surface area contributed by atoms with E-state index >= 15 is 0 Å². The second kappa shape index (κ2) is 6.26. The molecule has 0 fully saturated rings. The third-order valence-corrected chi connectivity index (χ3v) is 3.19. The largest absolute Gasteiger partial charge is 0.494 e. The van der Waals surface area contributed by atoms with Crippen molar-refractivity contribution in [1.29, 1.82) is 0 Å². The fraction of sp³-hybridized carbons (Fsp3) is 0.0833. The van der Waals surface area contributed by atoms with Crippen molar-refractivity contribution in [1.82, 2.24) is 4.98 Å². The van der Waals surface area contributed by atoms with Gasteiger partial charge < -0.3 is 10.5 Å². The zero-order valence-electron chi connectivity index (χ0n) is 10.3. The first-order chi connectivity index (χ1) is 9.52. The fourth-order valence-corrected chi connectivity index (χ4v) is 2.14. The number of rotatable bonds is 3. The number of hydrogen-bond donors (Lipinski definition) is 1. The van der Waals surface area contributed by atoms with Crippen LogP contribution in [0.4, 0.5) is 17.1 Å². The minimum absolute atomic E-state index is 0.284. The van der Waals surface area contributed by atoms with Gasteiger partial charge >= 0.3 is 0 Å². The predicted octanol–water partition coefficient (Wildman–Crippen LogP) is 5.05. The molecule has 20 heavy (non-hydrogen) atoms. The summed E-state index contributed by atoms with van der Waals surface area (Å²) in [6, 6.07) is 3.14. The minimum Gasteiger partial charge on any atom is -0.494 e. The highest BCUT2D eigenvalue weighted by atomic mass is 35.5. The van der Waals surface area contributed by atoms with E-state index in [4.69, 9.17) is 45.3 Å². The number of azo groups is 1. The van der Waals surface area contributed by atoms with Gasteiger partial charge in [-0.2, -0.15) is 0 Å². The van der Waals surface area contributed by atoms with Gasteiger partial charge in [-0.15, -0.1) is 10.2 Å². The Morgan fingerprint density at radius 1 is 1.00 bits per heavy atom. The first kappa shape index (κ1) is 14.8. The van der Waals surface area contributed by atoms with E-state index in [1.165, 1.54) is 19.5 Å². The highest BCUT2D eigenvalue weighted by Gasteiger charge is 2.10. The SMILES string of the molecule is COc1cc(N)cc(Cl)c1/N=N/c1c(Cl)cncc1Cl. The molecule has 0 saturated heterocycles. The zero-order chi connectivity index (χ0) is 14.7. The Hall–Kier alpha value is -1.56. The molecule has 0 aliphatic heterocycles. The quantitative estimate of drug-likeness (QED) is 0.632. The minimum atomic E-state index is 0.284. The van der Waals surface area contributed by atoms with E-state index in [0.29, 0.717) is 27.8 Å². The lowest BCUT2D eigenvalue weighted by Crippen LogP contribution is -1.89. The zero-order valence-corrected chi connectivity index (χ0v) is 12.5. The Balaban J connectivity index is 2.47. The maximum absolute atomic E-state index is 6.07. The van der Waals surface area contributed by atoms with Gasteiger partial charge in [-0.3, -0.25) is 4.98 Å². The lowest BCUT2D eigenvalue weighted by Gasteiger charge is -2.07. The van der Waals surface area contributed by atoms with Crippen LogP contribution < -0.4 is 10.5 Å². The summed E-state index contributed by atoms with van der Waals surface area (Å²) < 4.78 is 5.16. The van der Waals surface area contributed by atoms with Crippen LogP contribution in [0.15, 0.2) is 34.8 Å². The second-order valence-electron chi connectivity index (χ2n) is 3.71. The normalized spacial score (nSPS) is 11.0. The highest BCUT2D eigenvalue weighted by Crippen LogP contribution is 2.40. The number of methoxy groups -OCH3 is 1. The molecule has 0 atom stereocenters. The maximum Gasteiger partial charge on any atom is 0.149 e. The van der Waals surface area contributed by atoms with E-state index in [2.05, 4.69) is 15.2 Å². The molecule has 1 heterocycles. The van der Waals surface area contributed by atoms with Crippen molar-refractivity contribution < 1.29 is 4.74 Å². The van der Waals surface area contributed by atoms with Crippen molar-refractivity contribution >= 4 is 51.9 Å². The summed E-state index contributed by atoms with van der Waals surface area (Å²) in [5.41, 5.74) is 6.78. The Bertz CT molecular complexity index is 656. The molecule has 0 amide bonds. The summed E-state index contributed by atoms with van der Waals surface area (Å²) in [6.45, 7) is 0. The number of nitrogen functional groups attached to an aromatic ring is 1. The Morgan fingerprint density at radius 2 is 1.60 bits per heavy atom. The lowest BCUT2D eigenvalue weighted by atomic mass is 10.2. The lowest BCUT2D eigenvalue weighted by molar-refractivity contribution is 0.416. The van der Waals surface area contributed by atoms with Gasteiger partial charge in [0.05, 0.1) is 22.2 Å². The van der Waals surface area contributed by atoms with Crippen LogP contribution >= 0.6 is 34.8 Å². The average Bonchev–Trinajstić information content (AvgIpc) is 2.39. The van der Waals surface area contributed by atoms with E-state index in [1.807, 2.05) is 0 Å². The van der Waals surface area contributed by atoms with Crippen molar-refractivity contribution in [3.63, 3.8) is 0 Å². The third kappa shape index (κ3) is 3.12. The molecule has 0 radical (unpaired) electrons. The molecule has 2 rings (SSSR count). The molecule has 0 aliphatic carbocycles. The number of hydrogen-bond acceptors (Lipinski definition) is 5. The molecule has 0 spiro atoms. The molecule has 8 heteroatoms. The Kier molecular flexibility index (Phi) is 4.65. The second-order valence-corrected chi connectivity index (χ2v) is 4.93. The van der Waals surface area contributed by atoms with Crippen molar-refractivity contribution in [2.45, 2.75) is 0 Å². The Labute approximate surface area is 130 Å². The van der Waals surface area contributed by atoms with Crippen LogP contribution in [0.1, 0.15) is 0 Å². The smallest absolute Gasteiger partial charge is 0.149 e. The van der Waals surface area contributed by atoms with E-state index in [-0.39, 0.29) is 10.0 Å². The van der Waals surface area contributed by atoms with E-state index < -0.39 is 0 Å². The molecular weight excluding hydrogens is 323 g/mol. The number of nitrogens with zero attached hydrogens (tertiary/aromatic N) is 3. The van der Waals surface area contributed by atoms with Crippen LogP contribution in [0.3, 0.4) is 0 Å². The summed E-state index contributed by atoms with van der Waals surface area (Å²) >= 11 is 18.0. The predicted molar refractivity (Wildman–Crippen MR) is 80.8 cm³/mol. The summed E-state index contributed by atoms with van der Waals surface area (Å²) in [7, 11) is 1.48. The first-order valence-electron chi connectivity index (χ1n) is 5.36. The number of halogens is 3. The molecule has 104 valence electrons. The maximum atomic E-state index is 6.07. The van der Waals surface area contributed by atoms with E-state index in [0.717, 1.165) is 0 Å². The molecule has 2 N–H and O–H groups in total. The van der Waals surface area contributed by atoms with Gasteiger partial charge in [-0.1, -0.05) is 34.8 Å². The molecule has 0 saturated carbocycles.